The zero-order valence-corrected chi connectivity index (χ0v) is 10.2. The highest BCUT2D eigenvalue weighted by Gasteiger charge is 2.29. The van der Waals surface area contributed by atoms with E-state index in [1.807, 2.05) is 0 Å². The molecule has 0 aromatic heterocycles. The molecule has 15 heavy (non-hydrogen) atoms. The van der Waals surface area contributed by atoms with Crippen molar-refractivity contribution in [2.45, 2.75) is 32.2 Å². The summed E-state index contributed by atoms with van der Waals surface area (Å²) in [6.45, 7) is 4.70. The third-order valence-electron chi connectivity index (χ3n) is 1.91. The van der Waals surface area contributed by atoms with Crippen LogP contribution in [0.2, 0.25) is 0 Å². The Bertz CT molecular complexity index is 272. The van der Waals surface area contributed by atoms with Crippen molar-refractivity contribution in [2.24, 2.45) is 0 Å². The second-order valence-corrected chi connectivity index (χ2v) is 6.64. The molecule has 0 amide bonds. The summed E-state index contributed by atoms with van der Waals surface area (Å²) in [6.07, 6.45) is 0.895. The normalized spacial score (nSPS) is 26.6. The first-order valence-corrected chi connectivity index (χ1v) is 7.41. The molecule has 1 aliphatic heterocycles. The Labute approximate surface area is 89.5 Å². The molecule has 0 bridgehead atoms. The molecule has 1 fully saturated rings. The molecule has 1 saturated heterocycles. The second-order valence-electron chi connectivity index (χ2n) is 3.93. The number of esters is 1. The fourth-order valence-corrected chi connectivity index (χ4v) is 2.09. The lowest BCUT2D eigenvalue weighted by Crippen LogP contribution is -2.19. The molecule has 5 nitrogen and oxygen atoms in total. The van der Waals surface area contributed by atoms with E-state index in [0.717, 1.165) is 6.42 Å². The summed E-state index contributed by atoms with van der Waals surface area (Å²) in [5.41, 5.74) is 0. The zero-order valence-electron chi connectivity index (χ0n) is 9.26. The van der Waals surface area contributed by atoms with Crippen LogP contribution in [0.15, 0.2) is 0 Å². The van der Waals surface area contributed by atoms with E-state index >= 15 is 0 Å². The molecule has 88 valence electrons. The van der Waals surface area contributed by atoms with Gasteiger partial charge in [0, 0.05) is 26.7 Å². The van der Waals surface area contributed by atoms with Crippen molar-refractivity contribution in [3.8, 4) is 0 Å². The van der Waals surface area contributed by atoms with Gasteiger partial charge in [0.25, 0.3) is 0 Å². The van der Waals surface area contributed by atoms with Crippen LogP contribution in [0.5, 0.6) is 0 Å². The first-order chi connectivity index (χ1) is 6.87. The third kappa shape index (κ3) is 5.30. The Morgan fingerprint density at radius 3 is 2.67 bits per heavy atom. The molecular weight excluding hydrogens is 219 g/mol. The Kier molecular flexibility index (Phi) is 4.32. The van der Waals surface area contributed by atoms with Crippen LogP contribution in [-0.4, -0.2) is 38.3 Å². The van der Waals surface area contributed by atoms with Crippen LogP contribution in [0.3, 0.4) is 0 Å². The van der Waals surface area contributed by atoms with E-state index in [0.29, 0.717) is 6.42 Å². The largest absolute Gasteiger partial charge is 0.463 e. The maximum Gasteiger partial charge on any atom is 0.302 e. The Morgan fingerprint density at radius 1 is 1.47 bits per heavy atom. The average molecular weight is 236 g/mol. The Morgan fingerprint density at radius 2 is 2.13 bits per heavy atom. The molecule has 0 aliphatic carbocycles. The molecule has 0 aromatic rings. The van der Waals surface area contributed by atoms with Crippen LogP contribution in [0, 0.1) is 0 Å². The summed E-state index contributed by atoms with van der Waals surface area (Å²) in [5.74, 6) is -0.320. The predicted octanol–water partition coefficient (Wildman–Crippen LogP) is 1.61. The molecule has 1 aliphatic rings. The number of rotatable bonds is 4. The molecule has 1 rings (SSSR count). The molecule has 6 heteroatoms. The van der Waals surface area contributed by atoms with Gasteiger partial charge in [-0.25, -0.2) is 0 Å². The lowest BCUT2D eigenvalue weighted by molar-refractivity contribution is -0.148. The van der Waals surface area contributed by atoms with Crippen LogP contribution < -0.4 is 0 Å². The van der Waals surface area contributed by atoms with Gasteiger partial charge < -0.3 is 9.47 Å². The fourth-order valence-electron chi connectivity index (χ4n) is 1.37. The van der Waals surface area contributed by atoms with Gasteiger partial charge in [-0.05, 0) is 6.42 Å². The molecule has 2 atom stereocenters. The van der Waals surface area contributed by atoms with Crippen LogP contribution >= 0.6 is 7.37 Å². The second kappa shape index (κ2) is 5.10. The van der Waals surface area contributed by atoms with Crippen molar-refractivity contribution in [3.05, 3.63) is 0 Å². The molecule has 0 unspecified atom stereocenters. The Balaban J connectivity index is 2.27. The van der Waals surface area contributed by atoms with Gasteiger partial charge in [-0.1, -0.05) is 0 Å². The smallest absolute Gasteiger partial charge is 0.302 e. The minimum absolute atomic E-state index is 0.134. The summed E-state index contributed by atoms with van der Waals surface area (Å²) in [4.78, 5) is 10.6. The summed E-state index contributed by atoms with van der Waals surface area (Å²) in [7, 11) is -2.51. The fraction of sp³-hybridized carbons (Fsp3) is 0.889. The molecule has 0 radical (unpaired) electrons. The maximum absolute atomic E-state index is 11.4. The van der Waals surface area contributed by atoms with Gasteiger partial charge >= 0.3 is 5.97 Å². The highest BCUT2D eigenvalue weighted by atomic mass is 31.2. The van der Waals surface area contributed by atoms with Gasteiger partial charge in [-0.2, -0.15) is 0 Å². The molecule has 0 spiro atoms. The van der Waals surface area contributed by atoms with Crippen molar-refractivity contribution >= 4 is 13.3 Å². The maximum atomic E-state index is 11.4. The van der Waals surface area contributed by atoms with Gasteiger partial charge in [0.15, 0.2) is 13.7 Å². The van der Waals surface area contributed by atoms with E-state index in [1.165, 1.54) is 6.92 Å². The highest BCUT2D eigenvalue weighted by molar-refractivity contribution is 7.57. The topological polar surface area (TPSA) is 61.8 Å². The van der Waals surface area contributed by atoms with Crippen molar-refractivity contribution in [1.82, 2.24) is 0 Å². The van der Waals surface area contributed by atoms with Gasteiger partial charge in [0.2, 0.25) is 0 Å². The SMILES string of the molecule is CC(=O)OC[C@@H]1CC[C@@H](OP(C)(C)=O)O1. The van der Waals surface area contributed by atoms with Crippen LogP contribution in [0.25, 0.3) is 0 Å². The minimum Gasteiger partial charge on any atom is -0.463 e. The number of hydrogen-bond acceptors (Lipinski definition) is 5. The quantitative estimate of drug-likeness (QED) is 0.548. The van der Waals surface area contributed by atoms with E-state index in [-0.39, 0.29) is 18.7 Å². The molecule has 0 saturated carbocycles. The number of carbonyl (C=O) groups is 1. The highest BCUT2D eigenvalue weighted by Crippen LogP contribution is 2.41. The summed E-state index contributed by atoms with van der Waals surface area (Å²) in [5, 5.41) is 0. The molecule has 0 aromatic carbocycles. The van der Waals surface area contributed by atoms with Crippen molar-refractivity contribution in [1.29, 1.82) is 0 Å². The van der Waals surface area contributed by atoms with E-state index in [1.54, 1.807) is 13.3 Å². The van der Waals surface area contributed by atoms with Gasteiger partial charge in [0.05, 0.1) is 6.10 Å². The van der Waals surface area contributed by atoms with Crippen LogP contribution in [-0.2, 0) is 23.4 Å². The first kappa shape index (κ1) is 12.7. The van der Waals surface area contributed by atoms with Crippen molar-refractivity contribution in [2.75, 3.05) is 19.9 Å². The Hall–Kier alpha value is -0.380. The molecular formula is C9H17O5P. The summed E-state index contributed by atoms with van der Waals surface area (Å²) < 4.78 is 26.8. The minimum atomic E-state index is -2.51. The van der Waals surface area contributed by atoms with Crippen LogP contribution in [0.4, 0.5) is 0 Å². The van der Waals surface area contributed by atoms with E-state index in [4.69, 9.17) is 14.0 Å². The lowest BCUT2D eigenvalue weighted by atomic mass is 10.2. The predicted molar refractivity (Wildman–Crippen MR) is 55.1 cm³/mol. The number of carbonyl (C=O) groups excluding carboxylic acids is 1. The van der Waals surface area contributed by atoms with E-state index < -0.39 is 13.7 Å². The average Bonchev–Trinajstić information content (AvgIpc) is 2.45. The van der Waals surface area contributed by atoms with Gasteiger partial charge in [0.1, 0.15) is 6.61 Å². The first-order valence-electron chi connectivity index (χ1n) is 4.89. The van der Waals surface area contributed by atoms with E-state index in [9.17, 15) is 9.36 Å². The van der Waals surface area contributed by atoms with Crippen molar-refractivity contribution < 1.29 is 23.4 Å². The van der Waals surface area contributed by atoms with Crippen LogP contribution in [0.1, 0.15) is 19.8 Å². The monoisotopic (exact) mass is 236 g/mol. The lowest BCUT2D eigenvalue weighted by Gasteiger charge is -2.16. The molecule has 0 N–H and O–H groups in total. The number of hydrogen-bond donors (Lipinski definition) is 0. The summed E-state index contributed by atoms with van der Waals surface area (Å²) in [6, 6.07) is 0. The standard InChI is InChI=1S/C9H17O5P/c1-7(10)12-6-8-4-5-9(13-8)14-15(2,3)11/h8-9H,4-6H2,1-3H3/t8-,9+/m0/s1. The van der Waals surface area contributed by atoms with Gasteiger partial charge in [-0.15, -0.1) is 0 Å². The number of ether oxygens (including phenoxy) is 2. The van der Waals surface area contributed by atoms with E-state index in [2.05, 4.69) is 0 Å². The summed E-state index contributed by atoms with van der Waals surface area (Å²) >= 11 is 0. The van der Waals surface area contributed by atoms with Gasteiger partial charge in [-0.3, -0.25) is 13.9 Å². The third-order valence-corrected chi connectivity index (χ3v) is 2.66. The zero-order chi connectivity index (χ0) is 11.5. The molecule has 1 heterocycles. The van der Waals surface area contributed by atoms with Crippen molar-refractivity contribution in [3.63, 3.8) is 0 Å².